The van der Waals surface area contributed by atoms with Crippen LogP contribution in [-0.4, -0.2) is 44.0 Å². The maximum atomic E-state index is 11.0. The highest BCUT2D eigenvalue weighted by Crippen LogP contribution is 2.35. The van der Waals surface area contributed by atoms with E-state index in [9.17, 15) is 4.79 Å². The molecule has 0 amide bonds. The first-order valence-corrected chi connectivity index (χ1v) is 7.06. The van der Waals surface area contributed by atoms with E-state index in [1.807, 2.05) is 18.2 Å². The summed E-state index contributed by atoms with van der Waals surface area (Å²) >= 11 is 0. The van der Waals surface area contributed by atoms with Crippen LogP contribution in [0.5, 0.6) is 11.5 Å². The minimum absolute atomic E-state index is 0.0389. The molecular weight excluding hydrogens is 274 g/mol. The van der Waals surface area contributed by atoms with Crippen molar-refractivity contribution >= 4 is 5.97 Å². The van der Waals surface area contributed by atoms with Crippen LogP contribution in [0.4, 0.5) is 0 Å². The number of ether oxygens (including phenoxy) is 3. The highest BCUT2D eigenvalue weighted by atomic mass is 16.6. The molecule has 21 heavy (non-hydrogen) atoms. The lowest BCUT2D eigenvalue weighted by atomic mass is 10.00. The molecule has 2 unspecified atom stereocenters. The van der Waals surface area contributed by atoms with Crippen LogP contribution in [0.3, 0.4) is 0 Å². The zero-order chi connectivity index (χ0) is 14.8. The van der Waals surface area contributed by atoms with E-state index in [0.29, 0.717) is 37.7 Å². The van der Waals surface area contributed by atoms with Crippen molar-refractivity contribution in [2.75, 3.05) is 26.9 Å². The minimum atomic E-state index is -0.749. The van der Waals surface area contributed by atoms with Gasteiger partial charge in [-0.15, -0.1) is 0 Å². The van der Waals surface area contributed by atoms with E-state index in [0.717, 1.165) is 5.56 Å². The Morgan fingerprint density at radius 1 is 1.38 bits per heavy atom. The molecule has 2 aliphatic rings. The van der Waals surface area contributed by atoms with Crippen molar-refractivity contribution in [2.45, 2.75) is 18.6 Å². The number of nitrogens with one attached hydrogen (secondary N) is 1. The Bertz CT molecular complexity index is 529. The zero-order valence-corrected chi connectivity index (χ0v) is 11.9. The Morgan fingerprint density at radius 2 is 2.19 bits per heavy atom. The van der Waals surface area contributed by atoms with Crippen LogP contribution in [0.1, 0.15) is 18.0 Å². The maximum Gasteiger partial charge on any atom is 0.307 e. The summed E-state index contributed by atoms with van der Waals surface area (Å²) in [6.45, 7) is 1.69. The van der Waals surface area contributed by atoms with Gasteiger partial charge in [-0.25, -0.2) is 0 Å². The lowest BCUT2D eigenvalue weighted by Crippen LogP contribution is -2.38. The Labute approximate surface area is 123 Å². The first-order chi connectivity index (χ1) is 10.2. The molecule has 3 rings (SSSR count). The molecular formula is C15H19NO5. The monoisotopic (exact) mass is 293 g/mol. The minimum Gasteiger partial charge on any atom is -0.493 e. The Kier molecular flexibility index (Phi) is 3.98. The second-order valence-electron chi connectivity index (χ2n) is 5.42. The highest BCUT2D eigenvalue weighted by molar-refractivity contribution is 5.70. The van der Waals surface area contributed by atoms with Crippen molar-refractivity contribution in [2.24, 2.45) is 5.92 Å². The van der Waals surface area contributed by atoms with Gasteiger partial charge in [0.2, 0.25) is 0 Å². The smallest absolute Gasteiger partial charge is 0.307 e. The molecule has 114 valence electrons. The van der Waals surface area contributed by atoms with Crippen molar-refractivity contribution in [3.8, 4) is 11.5 Å². The average molecular weight is 293 g/mol. The van der Waals surface area contributed by atoms with Gasteiger partial charge >= 0.3 is 5.97 Å². The van der Waals surface area contributed by atoms with Crippen LogP contribution in [-0.2, 0) is 9.53 Å². The Morgan fingerprint density at radius 3 is 2.76 bits per heavy atom. The van der Waals surface area contributed by atoms with Gasteiger partial charge < -0.3 is 24.6 Å². The highest BCUT2D eigenvalue weighted by Gasteiger charge is 2.31. The summed E-state index contributed by atoms with van der Waals surface area (Å²) in [5.74, 6) is 0.283. The standard InChI is InChI=1S/C15H19NO5/c1-19-13-3-2-9(5-14(13)21-11-7-20-8-11)12-4-10(6-16-12)15(17)18/h2-3,5,10-12,16H,4,6-8H2,1H3,(H,17,18). The maximum absolute atomic E-state index is 11.0. The molecule has 0 spiro atoms. The molecule has 0 aliphatic carbocycles. The molecule has 2 aliphatic heterocycles. The SMILES string of the molecule is COc1ccc(C2CC(C(=O)O)CN2)cc1OC1COC1. The van der Waals surface area contributed by atoms with Crippen LogP contribution in [0.15, 0.2) is 18.2 Å². The summed E-state index contributed by atoms with van der Waals surface area (Å²) in [6.07, 6.45) is 0.658. The van der Waals surface area contributed by atoms with E-state index >= 15 is 0 Å². The second kappa shape index (κ2) is 5.91. The van der Waals surface area contributed by atoms with Crippen molar-refractivity contribution in [1.29, 1.82) is 0 Å². The number of methoxy groups -OCH3 is 1. The second-order valence-corrected chi connectivity index (χ2v) is 5.42. The van der Waals surface area contributed by atoms with Crippen LogP contribution in [0.25, 0.3) is 0 Å². The van der Waals surface area contributed by atoms with Gasteiger partial charge in [0, 0.05) is 12.6 Å². The first kappa shape index (κ1) is 14.2. The lowest BCUT2D eigenvalue weighted by Gasteiger charge is -2.28. The number of hydrogen-bond acceptors (Lipinski definition) is 5. The van der Waals surface area contributed by atoms with Crippen LogP contribution >= 0.6 is 0 Å². The molecule has 0 saturated carbocycles. The Hall–Kier alpha value is -1.79. The molecule has 2 fully saturated rings. The summed E-state index contributed by atoms with van der Waals surface area (Å²) in [4.78, 5) is 11.0. The third-order valence-electron chi connectivity index (χ3n) is 3.97. The molecule has 1 aromatic carbocycles. The number of carboxylic acids is 1. The summed E-state index contributed by atoms with van der Waals surface area (Å²) in [5, 5.41) is 12.3. The van der Waals surface area contributed by atoms with E-state index in [1.165, 1.54) is 0 Å². The molecule has 0 radical (unpaired) electrons. The van der Waals surface area contributed by atoms with Crippen LogP contribution in [0.2, 0.25) is 0 Å². The number of aliphatic carboxylic acids is 1. The number of carbonyl (C=O) groups is 1. The third-order valence-corrected chi connectivity index (χ3v) is 3.97. The van der Waals surface area contributed by atoms with Crippen molar-refractivity contribution in [3.63, 3.8) is 0 Å². The summed E-state index contributed by atoms with van der Waals surface area (Å²) in [5.41, 5.74) is 1.02. The fourth-order valence-corrected chi connectivity index (χ4v) is 2.64. The van der Waals surface area contributed by atoms with Gasteiger partial charge in [0.25, 0.3) is 0 Å². The van der Waals surface area contributed by atoms with Crippen LogP contribution < -0.4 is 14.8 Å². The molecule has 2 heterocycles. The molecule has 0 aromatic heterocycles. The van der Waals surface area contributed by atoms with Gasteiger partial charge in [-0.3, -0.25) is 4.79 Å². The van der Waals surface area contributed by atoms with Gasteiger partial charge in [0.15, 0.2) is 11.5 Å². The summed E-state index contributed by atoms with van der Waals surface area (Å²) in [7, 11) is 1.60. The normalized spacial score (nSPS) is 25.4. The van der Waals surface area contributed by atoms with E-state index in [4.69, 9.17) is 19.3 Å². The summed E-state index contributed by atoms with van der Waals surface area (Å²) in [6, 6.07) is 5.78. The molecule has 1 aromatic rings. The van der Waals surface area contributed by atoms with Crippen molar-refractivity contribution in [1.82, 2.24) is 5.32 Å². The van der Waals surface area contributed by atoms with Crippen molar-refractivity contribution < 1.29 is 24.1 Å². The molecule has 6 heteroatoms. The number of rotatable bonds is 5. The molecule has 0 bridgehead atoms. The summed E-state index contributed by atoms with van der Waals surface area (Å²) < 4.78 is 16.3. The topological polar surface area (TPSA) is 77.0 Å². The van der Waals surface area contributed by atoms with Gasteiger partial charge in [-0.1, -0.05) is 6.07 Å². The molecule has 6 nitrogen and oxygen atoms in total. The number of hydrogen-bond donors (Lipinski definition) is 2. The molecule has 2 N–H and O–H groups in total. The first-order valence-electron chi connectivity index (χ1n) is 7.06. The molecule has 2 saturated heterocycles. The predicted molar refractivity (Wildman–Crippen MR) is 74.7 cm³/mol. The van der Waals surface area contributed by atoms with Gasteiger partial charge in [-0.2, -0.15) is 0 Å². The van der Waals surface area contributed by atoms with Gasteiger partial charge in [-0.05, 0) is 24.1 Å². The van der Waals surface area contributed by atoms with Gasteiger partial charge in [0.1, 0.15) is 6.10 Å². The molecule has 2 atom stereocenters. The average Bonchev–Trinajstić information content (AvgIpc) is 2.92. The number of carboxylic acid groups (broad SMARTS) is 1. The zero-order valence-electron chi connectivity index (χ0n) is 11.9. The van der Waals surface area contributed by atoms with Crippen LogP contribution in [0, 0.1) is 5.92 Å². The quantitative estimate of drug-likeness (QED) is 0.849. The van der Waals surface area contributed by atoms with E-state index < -0.39 is 5.97 Å². The van der Waals surface area contributed by atoms with Gasteiger partial charge in [0.05, 0.1) is 26.2 Å². The van der Waals surface area contributed by atoms with Crippen molar-refractivity contribution in [3.05, 3.63) is 23.8 Å². The largest absolute Gasteiger partial charge is 0.493 e. The fourth-order valence-electron chi connectivity index (χ4n) is 2.64. The van der Waals surface area contributed by atoms with E-state index in [1.54, 1.807) is 7.11 Å². The Balaban J connectivity index is 1.76. The third kappa shape index (κ3) is 2.96. The fraction of sp³-hybridized carbons (Fsp3) is 0.533. The number of benzene rings is 1. The van der Waals surface area contributed by atoms with E-state index in [-0.39, 0.29) is 18.1 Å². The predicted octanol–water partition coefficient (Wildman–Crippen LogP) is 1.21. The van der Waals surface area contributed by atoms with E-state index in [2.05, 4.69) is 5.32 Å². The lowest BCUT2D eigenvalue weighted by molar-refractivity contribution is -0.141.